The van der Waals surface area contributed by atoms with Gasteiger partial charge in [-0.25, -0.2) is 4.39 Å². The van der Waals surface area contributed by atoms with Crippen molar-refractivity contribution in [2.24, 2.45) is 0 Å². The molecular weight excluding hydrogens is 582 g/mol. The molecule has 1 aliphatic heterocycles. The van der Waals surface area contributed by atoms with E-state index < -0.39 is 0 Å². The van der Waals surface area contributed by atoms with Gasteiger partial charge >= 0.3 is 0 Å². The summed E-state index contributed by atoms with van der Waals surface area (Å²) in [6.45, 7) is 3.51. The van der Waals surface area contributed by atoms with E-state index >= 15 is 0 Å². The van der Waals surface area contributed by atoms with Gasteiger partial charge in [0.05, 0.1) is 11.6 Å². The second-order valence-electron chi connectivity index (χ2n) is 11.8. The second kappa shape index (κ2) is 13.5. The number of furan rings is 1. The standard InChI is InChI=1S/C38H40FN3O2S/c1-25(40-2)35-32-22-31(33(41(3)45-4)23-34(32)44-37(35)28-17-19-30(39)20-18-28)29-16-11-21-42(24-29)38(43)36(26-12-7-5-8-13-26)27-14-9-6-10-15-27/h5-10,12-15,17-20,22-23,25,29,36,40H,11,16,21,24H2,1-4H3. The number of halogens is 1. The molecule has 4 aromatic carbocycles. The van der Waals surface area contributed by atoms with Gasteiger partial charge in [-0.3, -0.25) is 4.79 Å². The lowest BCUT2D eigenvalue weighted by atomic mass is 9.85. The Bertz CT molecular complexity index is 1720. The van der Waals surface area contributed by atoms with Crippen molar-refractivity contribution in [2.75, 3.05) is 37.7 Å². The van der Waals surface area contributed by atoms with E-state index in [1.165, 1.54) is 17.7 Å². The maximum absolute atomic E-state index is 14.4. The summed E-state index contributed by atoms with van der Waals surface area (Å²) >= 11 is 1.65. The first-order valence-electron chi connectivity index (χ1n) is 15.6. The van der Waals surface area contributed by atoms with Crippen molar-refractivity contribution in [1.29, 1.82) is 0 Å². The summed E-state index contributed by atoms with van der Waals surface area (Å²) in [6.07, 6.45) is 3.99. The van der Waals surface area contributed by atoms with Crippen LogP contribution in [0.25, 0.3) is 22.3 Å². The molecule has 0 spiro atoms. The van der Waals surface area contributed by atoms with Crippen LogP contribution >= 0.6 is 11.9 Å². The van der Waals surface area contributed by atoms with Gasteiger partial charge in [0.1, 0.15) is 17.2 Å². The summed E-state index contributed by atoms with van der Waals surface area (Å²) in [4.78, 5) is 16.5. The minimum absolute atomic E-state index is 0.00483. The number of carbonyl (C=O) groups excluding carboxylic acids is 1. The highest BCUT2D eigenvalue weighted by atomic mass is 32.2. The van der Waals surface area contributed by atoms with Crippen molar-refractivity contribution >= 4 is 34.5 Å². The van der Waals surface area contributed by atoms with Crippen LogP contribution in [-0.4, -0.2) is 44.2 Å². The van der Waals surface area contributed by atoms with Gasteiger partial charge in [-0.15, -0.1) is 0 Å². The molecule has 1 aliphatic rings. The van der Waals surface area contributed by atoms with Crippen molar-refractivity contribution in [2.45, 2.75) is 37.6 Å². The highest BCUT2D eigenvalue weighted by Gasteiger charge is 2.33. The van der Waals surface area contributed by atoms with Crippen LogP contribution in [0.2, 0.25) is 0 Å². The van der Waals surface area contributed by atoms with Gasteiger partial charge in [0.25, 0.3) is 0 Å². The smallest absolute Gasteiger partial charge is 0.234 e. The summed E-state index contributed by atoms with van der Waals surface area (Å²) in [7, 11) is 4.01. The molecule has 1 aromatic heterocycles. The number of likely N-dealkylation sites (tertiary alicyclic amines) is 1. The first-order valence-corrected chi connectivity index (χ1v) is 16.8. The molecule has 1 fully saturated rings. The number of hydrogen-bond acceptors (Lipinski definition) is 5. The van der Waals surface area contributed by atoms with E-state index in [0.717, 1.165) is 64.1 Å². The highest BCUT2D eigenvalue weighted by molar-refractivity contribution is 7.99. The van der Waals surface area contributed by atoms with Crippen LogP contribution in [0.1, 0.15) is 59.9 Å². The number of piperidine rings is 1. The first kappa shape index (κ1) is 30.9. The normalized spacial score (nSPS) is 15.9. The van der Waals surface area contributed by atoms with Gasteiger partial charge in [0.2, 0.25) is 5.91 Å². The van der Waals surface area contributed by atoms with Crippen molar-refractivity contribution < 1.29 is 13.6 Å². The molecule has 0 saturated carbocycles. The topological polar surface area (TPSA) is 48.7 Å². The Morgan fingerprint density at radius 2 is 1.64 bits per heavy atom. The molecule has 0 radical (unpaired) electrons. The van der Waals surface area contributed by atoms with Crippen LogP contribution in [-0.2, 0) is 4.79 Å². The third-order valence-corrected chi connectivity index (χ3v) is 9.89. The van der Waals surface area contributed by atoms with Gasteiger partial charge in [-0.05, 0) is 73.8 Å². The van der Waals surface area contributed by atoms with Crippen LogP contribution in [0.3, 0.4) is 0 Å². The molecule has 2 heterocycles. The Morgan fingerprint density at radius 3 is 2.24 bits per heavy atom. The van der Waals surface area contributed by atoms with Gasteiger partial charge in [0, 0.05) is 60.9 Å². The van der Waals surface area contributed by atoms with Crippen LogP contribution < -0.4 is 9.62 Å². The number of nitrogens with one attached hydrogen (secondary N) is 1. The lowest BCUT2D eigenvalue weighted by molar-refractivity contribution is -0.133. The Hall–Kier alpha value is -4.07. The zero-order valence-electron chi connectivity index (χ0n) is 26.3. The predicted molar refractivity (Wildman–Crippen MR) is 184 cm³/mol. The molecule has 232 valence electrons. The summed E-state index contributed by atoms with van der Waals surface area (Å²) in [5.41, 5.74) is 7.01. The number of anilines is 1. The monoisotopic (exact) mass is 621 g/mol. The lowest BCUT2D eigenvalue weighted by Crippen LogP contribution is -2.42. The van der Waals surface area contributed by atoms with Gasteiger partial charge in [-0.2, -0.15) is 0 Å². The third kappa shape index (κ3) is 6.24. The molecule has 5 nitrogen and oxygen atoms in total. The van der Waals surface area contributed by atoms with Crippen molar-refractivity contribution in [3.8, 4) is 11.3 Å². The second-order valence-corrected chi connectivity index (χ2v) is 12.7. The van der Waals surface area contributed by atoms with Crippen LogP contribution in [0.4, 0.5) is 10.1 Å². The zero-order chi connectivity index (χ0) is 31.5. The maximum Gasteiger partial charge on any atom is 0.234 e. The van der Waals surface area contributed by atoms with Crippen molar-refractivity contribution in [3.63, 3.8) is 0 Å². The molecule has 2 atom stereocenters. The molecule has 6 rings (SSSR count). The van der Waals surface area contributed by atoms with E-state index in [0.29, 0.717) is 6.54 Å². The van der Waals surface area contributed by atoms with Gasteiger partial charge in [-0.1, -0.05) is 72.6 Å². The van der Waals surface area contributed by atoms with E-state index in [4.69, 9.17) is 4.42 Å². The molecule has 5 aromatic rings. The van der Waals surface area contributed by atoms with Crippen molar-refractivity contribution in [3.05, 3.63) is 125 Å². The summed E-state index contributed by atoms with van der Waals surface area (Å²) < 4.78 is 22.5. The molecular formula is C38H40FN3O2S. The molecule has 7 heteroatoms. The number of amides is 1. The van der Waals surface area contributed by atoms with Crippen LogP contribution in [0.15, 0.2) is 101 Å². The largest absolute Gasteiger partial charge is 0.456 e. The highest BCUT2D eigenvalue weighted by Crippen LogP contribution is 2.44. The number of benzene rings is 4. The van der Waals surface area contributed by atoms with Crippen LogP contribution in [0.5, 0.6) is 0 Å². The number of rotatable bonds is 9. The quantitative estimate of drug-likeness (QED) is 0.167. The summed E-state index contributed by atoms with van der Waals surface area (Å²) in [5, 5.41) is 4.43. The van der Waals surface area contributed by atoms with Crippen LogP contribution in [0, 0.1) is 5.82 Å². The minimum Gasteiger partial charge on any atom is -0.456 e. The van der Waals surface area contributed by atoms with Gasteiger partial charge < -0.3 is 18.9 Å². The van der Waals surface area contributed by atoms with Gasteiger partial charge in [0.15, 0.2) is 0 Å². The number of fused-ring (bicyclic) bond motifs is 1. The molecule has 2 unspecified atom stereocenters. The fourth-order valence-corrected chi connectivity index (χ4v) is 6.99. The summed E-state index contributed by atoms with van der Waals surface area (Å²) in [6, 6.07) is 31.1. The Labute approximate surface area is 269 Å². The lowest BCUT2D eigenvalue weighted by Gasteiger charge is -2.37. The minimum atomic E-state index is -0.350. The molecule has 0 bridgehead atoms. The number of carbonyl (C=O) groups is 1. The maximum atomic E-state index is 14.4. The average Bonchev–Trinajstić information content (AvgIpc) is 3.47. The molecule has 1 N–H and O–H groups in total. The first-order chi connectivity index (χ1) is 21.9. The number of nitrogens with zero attached hydrogens (tertiary/aromatic N) is 2. The third-order valence-electron chi connectivity index (χ3n) is 9.15. The zero-order valence-corrected chi connectivity index (χ0v) is 27.1. The van der Waals surface area contributed by atoms with E-state index in [1.807, 2.05) is 43.4 Å². The summed E-state index contributed by atoms with van der Waals surface area (Å²) in [5.74, 6) is 0.422. The van der Waals surface area contributed by atoms with Crippen molar-refractivity contribution in [1.82, 2.24) is 10.2 Å². The molecule has 0 aliphatic carbocycles. The predicted octanol–water partition coefficient (Wildman–Crippen LogP) is 8.77. The molecule has 1 amide bonds. The molecule has 45 heavy (non-hydrogen) atoms. The average molecular weight is 622 g/mol. The fourth-order valence-electron chi connectivity index (χ4n) is 6.64. The van der Waals surface area contributed by atoms with E-state index in [2.05, 4.69) is 71.1 Å². The Balaban J connectivity index is 1.42. The number of hydrogen-bond donors (Lipinski definition) is 1. The fraction of sp³-hybridized carbons (Fsp3) is 0.289. The Morgan fingerprint density at radius 1 is 1.00 bits per heavy atom. The van der Waals surface area contributed by atoms with E-state index in [1.54, 1.807) is 24.1 Å². The van der Waals surface area contributed by atoms with E-state index in [-0.39, 0.29) is 29.6 Å². The van der Waals surface area contributed by atoms with E-state index in [9.17, 15) is 9.18 Å². The Kier molecular flexibility index (Phi) is 9.29. The molecule has 1 saturated heterocycles. The SMILES string of the molecule is CNC(C)c1c(-c2ccc(F)cc2)oc2cc(N(C)SC)c(C3CCCN(C(=O)C(c4ccccc4)c4ccccc4)C3)cc12.